The van der Waals surface area contributed by atoms with Crippen LogP contribution in [-0.2, 0) is 0 Å². The first kappa shape index (κ1) is 15.4. The number of hydrogen-bond acceptors (Lipinski definition) is 1. The molecule has 1 saturated heterocycles. The zero-order valence-corrected chi connectivity index (χ0v) is 12.0. The second-order valence-corrected chi connectivity index (χ2v) is 5.81. The highest BCUT2D eigenvalue weighted by atomic mass is 19.4. The van der Waals surface area contributed by atoms with Crippen molar-refractivity contribution in [1.82, 2.24) is 10.2 Å². The topological polar surface area (TPSA) is 27.6 Å². The molecule has 2 atom stereocenters. The van der Waals surface area contributed by atoms with Crippen molar-refractivity contribution in [3.8, 4) is 0 Å². The number of guanidine groups is 1. The molecule has 2 aliphatic rings. The Morgan fingerprint density at radius 2 is 1.80 bits per heavy atom. The molecule has 2 rings (SSSR count). The van der Waals surface area contributed by atoms with Gasteiger partial charge in [0.2, 0.25) is 0 Å². The predicted octanol–water partition coefficient (Wildman–Crippen LogP) is 3.03. The van der Waals surface area contributed by atoms with E-state index in [2.05, 4.69) is 15.2 Å². The molecule has 1 saturated carbocycles. The Morgan fingerprint density at radius 1 is 1.20 bits per heavy atom. The lowest BCUT2D eigenvalue weighted by atomic mass is 9.82. The minimum atomic E-state index is -4.13. The Kier molecular flexibility index (Phi) is 5.16. The van der Waals surface area contributed by atoms with Gasteiger partial charge in [0, 0.05) is 19.6 Å². The third kappa shape index (κ3) is 4.28. The molecule has 0 aromatic carbocycles. The van der Waals surface area contributed by atoms with Gasteiger partial charge in [-0.15, -0.1) is 0 Å². The SMILES string of the molecule is CCNC(=NCCC(F)(F)F)N1CC2CCCCC2C1. The van der Waals surface area contributed by atoms with Gasteiger partial charge in [-0.3, -0.25) is 4.99 Å². The number of nitrogens with zero attached hydrogens (tertiary/aromatic N) is 2. The standard InChI is InChI=1S/C14H24F3N3/c1-2-18-13(19-8-7-14(15,16)17)20-9-11-5-3-4-6-12(11)10-20/h11-12H,2-10H2,1H3,(H,18,19). The normalized spacial score (nSPS) is 27.6. The van der Waals surface area contributed by atoms with E-state index in [1.807, 2.05) is 6.92 Å². The largest absolute Gasteiger partial charge is 0.390 e. The van der Waals surface area contributed by atoms with E-state index in [4.69, 9.17) is 0 Å². The zero-order chi connectivity index (χ0) is 14.6. The summed E-state index contributed by atoms with van der Waals surface area (Å²) in [6, 6.07) is 0. The van der Waals surface area contributed by atoms with Gasteiger partial charge in [-0.1, -0.05) is 12.8 Å². The molecule has 2 fully saturated rings. The van der Waals surface area contributed by atoms with Gasteiger partial charge in [0.25, 0.3) is 0 Å². The fourth-order valence-electron chi connectivity index (χ4n) is 3.29. The van der Waals surface area contributed by atoms with E-state index in [0.29, 0.717) is 24.3 Å². The summed E-state index contributed by atoms with van der Waals surface area (Å²) in [6.45, 7) is 4.35. The Labute approximate surface area is 118 Å². The van der Waals surface area contributed by atoms with Gasteiger partial charge in [-0.2, -0.15) is 13.2 Å². The molecule has 0 aromatic heterocycles. The molecule has 1 aliphatic heterocycles. The number of halogens is 3. The van der Waals surface area contributed by atoms with E-state index in [9.17, 15) is 13.2 Å². The van der Waals surface area contributed by atoms with Crippen molar-refractivity contribution in [1.29, 1.82) is 0 Å². The summed E-state index contributed by atoms with van der Waals surface area (Å²) >= 11 is 0. The van der Waals surface area contributed by atoms with Crippen LogP contribution in [0.1, 0.15) is 39.0 Å². The Balaban J connectivity index is 1.92. The second kappa shape index (κ2) is 6.68. The molecule has 1 N–H and O–H groups in total. The summed E-state index contributed by atoms with van der Waals surface area (Å²) in [5.74, 6) is 2.07. The summed E-state index contributed by atoms with van der Waals surface area (Å²) in [4.78, 5) is 6.30. The van der Waals surface area contributed by atoms with Gasteiger partial charge in [0.15, 0.2) is 5.96 Å². The van der Waals surface area contributed by atoms with Gasteiger partial charge in [0.1, 0.15) is 0 Å². The van der Waals surface area contributed by atoms with Gasteiger partial charge >= 0.3 is 6.18 Å². The van der Waals surface area contributed by atoms with Crippen LogP contribution in [0.4, 0.5) is 13.2 Å². The third-order valence-corrected chi connectivity index (χ3v) is 4.27. The van der Waals surface area contributed by atoms with Crippen molar-refractivity contribution < 1.29 is 13.2 Å². The van der Waals surface area contributed by atoms with Crippen molar-refractivity contribution in [2.24, 2.45) is 16.8 Å². The van der Waals surface area contributed by atoms with E-state index < -0.39 is 12.6 Å². The number of hydrogen-bond donors (Lipinski definition) is 1. The number of nitrogens with one attached hydrogen (secondary N) is 1. The molecule has 20 heavy (non-hydrogen) atoms. The minimum absolute atomic E-state index is 0.183. The molecule has 0 spiro atoms. The summed E-state index contributed by atoms with van der Waals surface area (Å²) in [7, 11) is 0. The zero-order valence-electron chi connectivity index (χ0n) is 12.0. The van der Waals surface area contributed by atoms with E-state index in [-0.39, 0.29) is 6.54 Å². The van der Waals surface area contributed by atoms with Crippen molar-refractivity contribution in [3.05, 3.63) is 0 Å². The van der Waals surface area contributed by atoms with Crippen LogP contribution in [0, 0.1) is 11.8 Å². The van der Waals surface area contributed by atoms with E-state index in [0.717, 1.165) is 13.1 Å². The smallest absolute Gasteiger partial charge is 0.357 e. The average Bonchev–Trinajstić information content (AvgIpc) is 2.80. The molecule has 0 aromatic rings. The average molecular weight is 291 g/mol. The Morgan fingerprint density at radius 3 is 2.30 bits per heavy atom. The van der Waals surface area contributed by atoms with Crippen molar-refractivity contribution in [2.75, 3.05) is 26.2 Å². The molecule has 1 aliphatic carbocycles. The van der Waals surface area contributed by atoms with Gasteiger partial charge in [-0.25, -0.2) is 0 Å². The molecule has 0 amide bonds. The number of fused-ring (bicyclic) bond motifs is 1. The fraction of sp³-hybridized carbons (Fsp3) is 0.929. The van der Waals surface area contributed by atoms with Crippen LogP contribution in [-0.4, -0.2) is 43.2 Å². The molecule has 6 heteroatoms. The maximum atomic E-state index is 12.2. The number of aliphatic imine (C=N–C) groups is 1. The Hall–Kier alpha value is -0.940. The lowest BCUT2D eigenvalue weighted by Crippen LogP contribution is -2.40. The first-order chi connectivity index (χ1) is 9.49. The van der Waals surface area contributed by atoms with Crippen LogP contribution in [0.2, 0.25) is 0 Å². The summed E-state index contributed by atoms with van der Waals surface area (Å²) in [5.41, 5.74) is 0. The number of likely N-dealkylation sites (tertiary alicyclic amines) is 1. The van der Waals surface area contributed by atoms with Crippen LogP contribution in [0.5, 0.6) is 0 Å². The highest BCUT2D eigenvalue weighted by Gasteiger charge is 2.35. The third-order valence-electron chi connectivity index (χ3n) is 4.27. The highest BCUT2D eigenvalue weighted by Crippen LogP contribution is 2.35. The molecule has 116 valence electrons. The summed E-state index contributed by atoms with van der Waals surface area (Å²) in [5, 5.41) is 3.13. The maximum absolute atomic E-state index is 12.2. The van der Waals surface area contributed by atoms with E-state index in [1.165, 1.54) is 25.7 Å². The summed E-state index contributed by atoms with van der Waals surface area (Å²) in [6.07, 6.45) is 0.113. The van der Waals surface area contributed by atoms with Gasteiger partial charge < -0.3 is 10.2 Å². The molecule has 2 unspecified atom stereocenters. The van der Waals surface area contributed by atoms with Crippen LogP contribution >= 0.6 is 0 Å². The number of alkyl halides is 3. The highest BCUT2D eigenvalue weighted by molar-refractivity contribution is 5.80. The molecule has 0 radical (unpaired) electrons. The minimum Gasteiger partial charge on any atom is -0.357 e. The molecule has 0 bridgehead atoms. The van der Waals surface area contributed by atoms with Crippen LogP contribution < -0.4 is 5.32 Å². The molecular weight excluding hydrogens is 267 g/mol. The lowest BCUT2D eigenvalue weighted by Gasteiger charge is -2.22. The predicted molar refractivity (Wildman–Crippen MR) is 73.7 cm³/mol. The lowest BCUT2D eigenvalue weighted by molar-refractivity contribution is -0.132. The van der Waals surface area contributed by atoms with Gasteiger partial charge in [-0.05, 0) is 31.6 Å². The van der Waals surface area contributed by atoms with Crippen LogP contribution in [0.25, 0.3) is 0 Å². The van der Waals surface area contributed by atoms with E-state index >= 15 is 0 Å². The monoisotopic (exact) mass is 291 g/mol. The van der Waals surface area contributed by atoms with Crippen molar-refractivity contribution in [2.45, 2.75) is 45.2 Å². The quantitative estimate of drug-likeness (QED) is 0.639. The maximum Gasteiger partial charge on any atom is 0.390 e. The molecular formula is C14H24F3N3. The van der Waals surface area contributed by atoms with Crippen molar-refractivity contribution >= 4 is 5.96 Å². The van der Waals surface area contributed by atoms with Crippen LogP contribution in [0.15, 0.2) is 4.99 Å². The number of rotatable bonds is 3. The van der Waals surface area contributed by atoms with Crippen molar-refractivity contribution in [3.63, 3.8) is 0 Å². The first-order valence-corrected chi connectivity index (χ1v) is 7.59. The molecule has 3 nitrogen and oxygen atoms in total. The second-order valence-electron chi connectivity index (χ2n) is 5.81. The first-order valence-electron chi connectivity index (χ1n) is 7.59. The van der Waals surface area contributed by atoms with Crippen LogP contribution in [0.3, 0.4) is 0 Å². The Bertz CT molecular complexity index is 327. The van der Waals surface area contributed by atoms with E-state index in [1.54, 1.807) is 0 Å². The van der Waals surface area contributed by atoms with Gasteiger partial charge in [0.05, 0.1) is 13.0 Å². The summed E-state index contributed by atoms with van der Waals surface area (Å²) < 4.78 is 36.6. The fourth-order valence-corrected chi connectivity index (χ4v) is 3.29. The molecule has 1 heterocycles.